The number of hydrogen-bond acceptors (Lipinski definition) is 2. The molecule has 1 aliphatic heterocycles. The first-order chi connectivity index (χ1) is 8.71. The van der Waals surface area contributed by atoms with E-state index in [2.05, 4.69) is 24.5 Å². The predicted molar refractivity (Wildman–Crippen MR) is 76.5 cm³/mol. The molecule has 0 bridgehead atoms. The lowest BCUT2D eigenvalue weighted by atomic mass is 9.82. The van der Waals surface area contributed by atoms with Crippen LogP contribution in [0.3, 0.4) is 0 Å². The van der Waals surface area contributed by atoms with Crippen molar-refractivity contribution in [3.63, 3.8) is 0 Å². The Kier molecular flexibility index (Phi) is 7.33. The zero-order valence-corrected chi connectivity index (χ0v) is 12.3. The standard InChI is InChI=1S/C15H30N2O/c1-4-6-7-12(5-2)10-13-8-9-17-14(11-13)15(18)16-3/h12-14,17H,4-11H2,1-3H3,(H,16,18). The molecule has 0 spiro atoms. The van der Waals surface area contributed by atoms with Crippen LogP contribution in [-0.2, 0) is 4.79 Å². The Morgan fingerprint density at radius 2 is 2.22 bits per heavy atom. The zero-order chi connectivity index (χ0) is 13.4. The fourth-order valence-electron chi connectivity index (χ4n) is 3.04. The Balaban J connectivity index is 2.38. The van der Waals surface area contributed by atoms with Crippen LogP contribution >= 0.6 is 0 Å². The van der Waals surface area contributed by atoms with Crippen molar-refractivity contribution in [2.75, 3.05) is 13.6 Å². The minimum atomic E-state index is 0.0393. The van der Waals surface area contributed by atoms with Crippen LogP contribution in [-0.4, -0.2) is 25.5 Å². The van der Waals surface area contributed by atoms with Gasteiger partial charge in [-0.05, 0) is 37.6 Å². The van der Waals surface area contributed by atoms with Crippen LogP contribution in [0.5, 0.6) is 0 Å². The normalized spacial score (nSPS) is 25.7. The van der Waals surface area contributed by atoms with Gasteiger partial charge in [-0.1, -0.05) is 39.5 Å². The van der Waals surface area contributed by atoms with E-state index >= 15 is 0 Å². The highest BCUT2D eigenvalue weighted by Crippen LogP contribution is 2.28. The number of piperidine rings is 1. The summed E-state index contributed by atoms with van der Waals surface area (Å²) < 4.78 is 0. The molecule has 1 fully saturated rings. The van der Waals surface area contributed by atoms with Gasteiger partial charge in [-0.25, -0.2) is 0 Å². The third-order valence-electron chi connectivity index (χ3n) is 4.29. The van der Waals surface area contributed by atoms with Gasteiger partial charge in [0.2, 0.25) is 5.91 Å². The Labute approximate surface area is 112 Å². The van der Waals surface area contributed by atoms with Gasteiger partial charge in [0.15, 0.2) is 0 Å². The third kappa shape index (κ3) is 4.97. The smallest absolute Gasteiger partial charge is 0.236 e. The van der Waals surface area contributed by atoms with Gasteiger partial charge in [0.05, 0.1) is 6.04 Å². The van der Waals surface area contributed by atoms with Crippen LogP contribution in [0, 0.1) is 11.8 Å². The molecule has 1 aliphatic rings. The molecule has 106 valence electrons. The quantitative estimate of drug-likeness (QED) is 0.733. The van der Waals surface area contributed by atoms with Crippen LogP contribution in [0.2, 0.25) is 0 Å². The lowest BCUT2D eigenvalue weighted by molar-refractivity contribution is -0.123. The second-order valence-electron chi connectivity index (χ2n) is 5.66. The number of rotatable bonds is 7. The van der Waals surface area contributed by atoms with Gasteiger partial charge in [-0.3, -0.25) is 4.79 Å². The van der Waals surface area contributed by atoms with Crippen LogP contribution in [0.25, 0.3) is 0 Å². The molecular formula is C15H30N2O. The number of carbonyl (C=O) groups excluding carboxylic acids is 1. The van der Waals surface area contributed by atoms with Crippen molar-refractivity contribution < 1.29 is 4.79 Å². The van der Waals surface area contributed by atoms with Crippen molar-refractivity contribution in [1.82, 2.24) is 10.6 Å². The minimum Gasteiger partial charge on any atom is -0.358 e. The molecule has 1 heterocycles. The molecule has 1 amide bonds. The minimum absolute atomic E-state index is 0.0393. The second kappa shape index (κ2) is 8.52. The van der Waals surface area contributed by atoms with Crippen LogP contribution in [0.4, 0.5) is 0 Å². The maximum absolute atomic E-state index is 11.7. The summed E-state index contributed by atoms with van der Waals surface area (Å²) in [6.45, 7) is 5.56. The third-order valence-corrected chi connectivity index (χ3v) is 4.29. The van der Waals surface area contributed by atoms with E-state index in [9.17, 15) is 4.79 Å². The maximum Gasteiger partial charge on any atom is 0.236 e. The molecule has 0 saturated carbocycles. The highest BCUT2D eigenvalue weighted by molar-refractivity contribution is 5.81. The molecule has 1 saturated heterocycles. The molecule has 3 atom stereocenters. The topological polar surface area (TPSA) is 41.1 Å². The lowest BCUT2D eigenvalue weighted by Gasteiger charge is -2.31. The van der Waals surface area contributed by atoms with E-state index in [1.807, 2.05) is 0 Å². The number of carbonyl (C=O) groups is 1. The summed E-state index contributed by atoms with van der Waals surface area (Å²) in [5.74, 6) is 1.75. The predicted octanol–water partition coefficient (Wildman–Crippen LogP) is 2.71. The average Bonchev–Trinajstić information content (AvgIpc) is 2.42. The molecule has 3 heteroatoms. The van der Waals surface area contributed by atoms with E-state index in [1.165, 1.54) is 38.5 Å². The number of likely N-dealkylation sites (N-methyl/N-ethyl adjacent to an activating group) is 1. The highest BCUT2D eigenvalue weighted by atomic mass is 16.2. The average molecular weight is 254 g/mol. The highest BCUT2D eigenvalue weighted by Gasteiger charge is 2.27. The first kappa shape index (κ1) is 15.5. The van der Waals surface area contributed by atoms with E-state index in [1.54, 1.807) is 7.05 Å². The van der Waals surface area contributed by atoms with Gasteiger partial charge in [0, 0.05) is 7.05 Å². The van der Waals surface area contributed by atoms with Crippen molar-refractivity contribution in [2.24, 2.45) is 11.8 Å². The van der Waals surface area contributed by atoms with Gasteiger partial charge < -0.3 is 10.6 Å². The first-order valence-corrected chi connectivity index (χ1v) is 7.66. The number of nitrogens with one attached hydrogen (secondary N) is 2. The molecule has 2 N–H and O–H groups in total. The van der Waals surface area contributed by atoms with Crippen molar-refractivity contribution in [3.8, 4) is 0 Å². The summed E-state index contributed by atoms with van der Waals surface area (Å²) in [7, 11) is 1.73. The first-order valence-electron chi connectivity index (χ1n) is 7.66. The van der Waals surface area contributed by atoms with Crippen LogP contribution in [0.15, 0.2) is 0 Å². The van der Waals surface area contributed by atoms with E-state index < -0.39 is 0 Å². The second-order valence-corrected chi connectivity index (χ2v) is 5.66. The Morgan fingerprint density at radius 1 is 1.44 bits per heavy atom. The molecule has 0 radical (unpaired) electrons. The molecule has 0 aromatic rings. The molecule has 3 unspecified atom stereocenters. The fraction of sp³-hybridized carbons (Fsp3) is 0.933. The van der Waals surface area contributed by atoms with Crippen LogP contribution < -0.4 is 10.6 Å². The summed E-state index contributed by atoms with van der Waals surface area (Å²) >= 11 is 0. The molecule has 0 aliphatic carbocycles. The van der Waals surface area contributed by atoms with Crippen LogP contribution in [0.1, 0.15) is 58.8 Å². The van der Waals surface area contributed by atoms with Gasteiger partial charge in [-0.15, -0.1) is 0 Å². The summed E-state index contributed by atoms with van der Waals surface area (Å²) in [5, 5.41) is 6.08. The van der Waals surface area contributed by atoms with Crippen molar-refractivity contribution >= 4 is 5.91 Å². The number of hydrogen-bond donors (Lipinski definition) is 2. The molecule has 0 aromatic carbocycles. The molecule has 3 nitrogen and oxygen atoms in total. The van der Waals surface area contributed by atoms with Crippen molar-refractivity contribution in [3.05, 3.63) is 0 Å². The molecule has 1 rings (SSSR count). The Bertz CT molecular complexity index is 243. The van der Waals surface area contributed by atoms with Gasteiger partial charge in [-0.2, -0.15) is 0 Å². The summed E-state index contributed by atoms with van der Waals surface area (Å²) in [4.78, 5) is 11.7. The van der Waals surface area contributed by atoms with Crippen molar-refractivity contribution in [2.45, 2.75) is 64.8 Å². The van der Waals surface area contributed by atoms with Gasteiger partial charge >= 0.3 is 0 Å². The Morgan fingerprint density at radius 3 is 2.83 bits per heavy atom. The van der Waals surface area contributed by atoms with Crippen molar-refractivity contribution in [1.29, 1.82) is 0 Å². The van der Waals surface area contributed by atoms with E-state index in [4.69, 9.17) is 0 Å². The Hall–Kier alpha value is -0.570. The SMILES string of the molecule is CCCCC(CC)CC1CCNC(C(=O)NC)C1. The fourth-order valence-corrected chi connectivity index (χ4v) is 3.04. The molecule has 0 aromatic heterocycles. The van der Waals surface area contributed by atoms with E-state index in [-0.39, 0.29) is 11.9 Å². The monoisotopic (exact) mass is 254 g/mol. The largest absolute Gasteiger partial charge is 0.358 e. The number of amides is 1. The zero-order valence-electron chi connectivity index (χ0n) is 12.3. The summed E-state index contributed by atoms with van der Waals surface area (Å²) in [6, 6.07) is 0.0393. The lowest BCUT2D eigenvalue weighted by Crippen LogP contribution is -2.48. The summed E-state index contributed by atoms with van der Waals surface area (Å²) in [5.41, 5.74) is 0. The summed E-state index contributed by atoms with van der Waals surface area (Å²) in [6.07, 6.45) is 8.85. The van der Waals surface area contributed by atoms with Gasteiger partial charge in [0.1, 0.15) is 0 Å². The number of unbranched alkanes of at least 4 members (excludes halogenated alkanes) is 1. The van der Waals surface area contributed by atoms with Gasteiger partial charge in [0.25, 0.3) is 0 Å². The van der Waals surface area contributed by atoms with E-state index in [0.29, 0.717) is 0 Å². The molecule has 18 heavy (non-hydrogen) atoms. The molecular weight excluding hydrogens is 224 g/mol. The maximum atomic E-state index is 11.7. The van der Waals surface area contributed by atoms with E-state index in [0.717, 1.165) is 24.8 Å².